The van der Waals surface area contributed by atoms with Crippen LogP contribution in [0.15, 0.2) is 52.4 Å². The number of sulfonamides is 1. The largest absolute Gasteiger partial charge is 0.264 e. The molecule has 0 spiro atoms. The lowest BCUT2D eigenvalue weighted by Gasteiger charge is -2.29. The molecule has 1 aliphatic heterocycles. The molecule has 0 atom stereocenters. The van der Waals surface area contributed by atoms with Gasteiger partial charge in [0.05, 0.1) is 10.6 Å². The highest BCUT2D eigenvalue weighted by Gasteiger charge is 2.29. The Morgan fingerprint density at radius 2 is 2.05 bits per heavy atom. The molecule has 7 heteroatoms. The van der Waals surface area contributed by atoms with Gasteiger partial charge in [0.1, 0.15) is 5.15 Å². The van der Waals surface area contributed by atoms with Crippen LogP contribution in [0.2, 0.25) is 5.15 Å². The topological polar surface area (TPSA) is 50.3 Å². The first kappa shape index (κ1) is 13.7. The van der Waals surface area contributed by atoms with E-state index in [0.717, 1.165) is 16.3 Å². The molecule has 0 aliphatic carbocycles. The van der Waals surface area contributed by atoms with E-state index in [2.05, 4.69) is 4.98 Å². The fourth-order valence-electron chi connectivity index (χ4n) is 2.07. The zero-order valence-corrected chi connectivity index (χ0v) is 12.7. The monoisotopic (exact) mass is 326 g/mol. The maximum atomic E-state index is 12.7. The lowest BCUT2D eigenvalue weighted by atomic mass is 10.3. The highest BCUT2D eigenvalue weighted by molar-refractivity contribution is 8.00. The van der Waals surface area contributed by atoms with Crippen LogP contribution in [0, 0.1) is 0 Å². The summed E-state index contributed by atoms with van der Waals surface area (Å²) < 4.78 is 26.9. The number of pyridine rings is 1. The Hall–Kier alpha value is -1.24. The van der Waals surface area contributed by atoms with Crippen LogP contribution in [-0.4, -0.2) is 25.7 Å². The van der Waals surface area contributed by atoms with Crippen LogP contribution in [0.1, 0.15) is 0 Å². The standard InChI is InChI=1S/C13H11ClN2O2S2/c14-13-9-10(5-6-15-13)20(17,18)16-7-8-19-12-4-2-1-3-11(12)16/h1-6,9H,7-8H2. The van der Waals surface area contributed by atoms with Gasteiger partial charge in [-0.15, -0.1) is 11.8 Å². The first-order chi connectivity index (χ1) is 9.59. The Balaban J connectivity index is 2.10. The van der Waals surface area contributed by atoms with Crippen molar-refractivity contribution in [3.05, 3.63) is 47.7 Å². The number of rotatable bonds is 2. The average Bonchev–Trinajstić information content (AvgIpc) is 2.46. The molecule has 0 unspecified atom stereocenters. The van der Waals surface area contributed by atoms with Gasteiger partial charge in [-0.2, -0.15) is 0 Å². The number of halogens is 1. The van der Waals surface area contributed by atoms with E-state index in [-0.39, 0.29) is 10.0 Å². The van der Waals surface area contributed by atoms with Gasteiger partial charge in [0.15, 0.2) is 0 Å². The van der Waals surface area contributed by atoms with Crippen molar-refractivity contribution in [2.24, 2.45) is 0 Å². The van der Waals surface area contributed by atoms with Crippen molar-refractivity contribution < 1.29 is 8.42 Å². The van der Waals surface area contributed by atoms with Crippen LogP contribution in [0.4, 0.5) is 5.69 Å². The number of fused-ring (bicyclic) bond motifs is 1. The maximum Gasteiger partial charge on any atom is 0.264 e. The number of anilines is 1. The van der Waals surface area contributed by atoms with Crippen LogP contribution in [0.3, 0.4) is 0 Å². The second-order valence-electron chi connectivity index (χ2n) is 4.21. The van der Waals surface area contributed by atoms with Gasteiger partial charge in [-0.25, -0.2) is 13.4 Å². The second-order valence-corrected chi connectivity index (χ2v) is 7.59. The summed E-state index contributed by atoms with van der Waals surface area (Å²) in [6, 6.07) is 10.3. The molecular weight excluding hydrogens is 316 g/mol. The molecule has 4 nitrogen and oxygen atoms in total. The fourth-order valence-corrected chi connectivity index (χ4v) is 4.97. The Bertz CT molecular complexity index is 750. The second kappa shape index (κ2) is 5.27. The summed E-state index contributed by atoms with van der Waals surface area (Å²) in [5.41, 5.74) is 0.719. The summed E-state index contributed by atoms with van der Waals surface area (Å²) in [6.45, 7) is 0.448. The van der Waals surface area contributed by atoms with Gasteiger partial charge >= 0.3 is 0 Å². The van der Waals surface area contributed by atoms with E-state index in [0.29, 0.717) is 6.54 Å². The summed E-state index contributed by atoms with van der Waals surface area (Å²) >= 11 is 7.45. The fraction of sp³-hybridized carbons (Fsp3) is 0.154. The van der Waals surface area contributed by atoms with E-state index < -0.39 is 10.0 Å². The molecule has 3 rings (SSSR count). The number of benzene rings is 1. The van der Waals surface area contributed by atoms with Gasteiger partial charge in [-0.05, 0) is 24.3 Å². The molecule has 0 fully saturated rings. The van der Waals surface area contributed by atoms with Gasteiger partial charge in [0, 0.05) is 23.4 Å². The molecule has 0 amide bonds. The summed E-state index contributed by atoms with van der Waals surface area (Å²) in [6.07, 6.45) is 1.40. The lowest BCUT2D eigenvalue weighted by molar-refractivity contribution is 0.591. The zero-order chi connectivity index (χ0) is 14.2. The number of thioether (sulfide) groups is 1. The molecule has 0 saturated heterocycles. The minimum atomic E-state index is -3.60. The highest BCUT2D eigenvalue weighted by atomic mass is 35.5. The van der Waals surface area contributed by atoms with E-state index >= 15 is 0 Å². The van der Waals surface area contributed by atoms with Crippen LogP contribution in [0.25, 0.3) is 0 Å². The first-order valence-corrected chi connectivity index (χ1v) is 8.75. The lowest BCUT2D eigenvalue weighted by Crippen LogP contribution is -2.35. The molecule has 1 aromatic heterocycles. The molecule has 2 aromatic rings. The van der Waals surface area contributed by atoms with Crippen LogP contribution < -0.4 is 4.31 Å². The van der Waals surface area contributed by atoms with E-state index in [1.54, 1.807) is 11.8 Å². The summed E-state index contributed by atoms with van der Waals surface area (Å²) in [7, 11) is -3.60. The molecule has 2 heterocycles. The predicted octanol–water partition coefficient (Wildman–Crippen LogP) is 3.04. The quantitative estimate of drug-likeness (QED) is 0.796. The Morgan fingerprint density at radius 3 is 2.85 bits per heavy atom. The number of nitrogens with zero attached hydrogens (tertiary/aromatic N) is 2. The summed E-state index contributed by atoms with van der Waals surface area (Å²) in [4.78, 5) is 4.96. The molecule has 0 bridgehead atoms. The van der Waals surface area contributed by atoms with Crippen molar-refractivity contribution in [1.82, 2.24) is 4.98 Å². The molecule has 1 aliphatic rings. The van der Waals surface area contributed by atoms with E-state index in [1.807, 2.05) is 24.3 Å². The smallest absolute Gasteiger partial charge is 0.264 e. The summed E-state index contributed by atoms with van der Waals surface area (Å²) in [5.74, 6) is 0.731. The number of para-hydroxylation sites is 1. The third-order valence-corrected chi connectivity index (χ3v) is 6.03. The molecule has 0 saturated carbocycles. The molecule has 104 valence electrons. The SMILES string of the molecule is O=S(=O)(c1ccnc(Cl)c1)N1CCSc2ccccc21. The van der Waals surface area contributed by atoms with Crippen LogP contribution in [0.5, 0.6) is 0 Å². The average molecular weight is 327 g/mol. The Labute approximate surface area is 126 Å². The number of hydrogen-bond donors (Lipinski definition) is 0. The van der Waals surface area contributed by atoms with Crippen molar-refractivity contribution in [3.63, 3.8) is 0 Å². The van der Waals surface area contributed by atoms with Crippen LogP contribution >= 0.6 is 23.4 Å². The van der Waals surface area contributed by atoms with Crippen LogP contribution in [-0.2, 0) is 10.0 Å². The highest BCUT2D eigenvalue weighted by Crippen LogP contribution is 2.37. The van der Waals surface area contributed by atoms with Gasteiger partial charge in [0.25, 0.3) is 10.0 Å². The van der Waals surface area contributed by atoms with Crippen molar-refractivity contribution in [2.45, 2.75) is 9.79 Å². The Morgan fingerprint density at radius 1 is 1.25 bits per heavy atom. The minimum absolute atomic E-state index is 0.166. The third kappa shape index (κ3) is 2.39. The van der Waals surface area contributed by atoms with Crippen molar-refractivity contribution >= 4 is 39.1 Å². The van der Waals surface area contributed by atoms with Crippen molar-refractivity contribution in [1.29, 1.82) is 0 Å². The minimum Gasteiger partial charge on any atom is -0.264 e. The van der Waals surface area contributed by atoms with Crippen molar-refractivity contribution in [2.75, 3.05) is 16.6 Å². The third-order valence-electron chi connectivity index (χ3n) is 2.97. The van der Waals surface area contributed by atoms with Crippen molar-refractivity contribution in [3.8, 4) is 0 Å². The van der Waals surface area contributed by atoms with Gasteiger partial charge in [-0.3, -0.25) is 4.31 Å². The summed E-state index contributed by atoms with van der Waals surface area (Å²) in [5, 5.41) is 0.172. The molecule has 0 N–H and O–H groups in total. The normalized spacial score (nSPS) is 14.9. The molecule has 20 heavy (non-hydrogen) atoms. The van der Waals surface area contributed by atoms with Gasteiger partial charge in [-0.1, -0.05) is 23.7 Å². The predicted molar refractivity (Wildman–Crippen MR) is 80.9 cm³/mol. The molecule has 1 aromatic carbocycles. The van der Waals surface area contributed by atoms with E-state index in [4.69, 9.17) is 11.6 Å². The van der Waals surface area contributed by atoms with E-state index in [1.165, 1.54) is 22.6 Å². The number of hydrogen-bond acceptors (Lipinski definition) is 4. The number of aromatic nitrogens is 1. The molecular formula is C13H11ClN2O2S2. The maximum absolute atomic E-state index is 12.7. The molecule has 0 radical (unpaired) electrons. The zero-order valence-electron chi connectivity index (χ0n) is 10.4. The van der Waals surface area contributed by atoms with Gasteiger partial charge in [0.2, 0.25) is 0 Å². The van der Waals surface area contributed by atoms with E-state index in [9.17, 15) is 8.42 Å². The first-order valence-electron chi connectivity index (χ1n) is 5.95. The Kier molecular flexibility index (Phi) is 3.62. The van der Waals surface area contributed by atoms with Gasteiger partial charge < -0.3 is 0 Å².